The molecule has 1 saturated carbocycles. The molecule has 1 aromatic heterocycles. The number of hydrogen-bond donors (Lipinski definition) is 0. The highest BCUT2D eigenvalue weighted by Gasteiger charge is 2.37. The van der Waals surface area contributed by atoms with E-state index in [1.54, 1.807) is 24.3 Å². The van der Waals surface area contributed by atoms with Crippen molar-refractivity contribution in [2.45, 2.75) is 51.0 Å². The highest BCUT2D eigenvalue weighted by molar-refractivity contribution is 5.76. The van der Waals surface area contributed by atoms with Crippen molar-refractivity contribution < 1.29 is 17.6 Å². The minimum absolute atomic E-state index is 0.0154. The van der Waals surface area contributed by atoms with Gasteiger partial charge in [0.05, 0.1) is 11.0 Å². The van der Waals surface area contributed by atoms with Gasteiger partial charge in [-0.2, -0.15) is 8.78 Å². The van der Waals surface area contributed by atoms with E-state index in [9.17, 15) is 17.6 Å². The number of rotatable bonds is 3. The number of para-hydroxylation sites is 2. The number of alkyl halides is 4. The number of nitrogens with zero attached hydrogens (tertiary/aromatic N) is 2. The molecular weight excluding hydrogens is 296 g/mol. The first-order valence-electron chi connectivity index (χ1n) is 7.48. The second-order valence-corrected chi connectivity index (χ2v) is 6.22. The molecule has 1 fully saturated rings. The lowest BCUT2D eigenvalue weighted by molar-refractivity contribution is -0.0483. The molecule has 1 aliphatic carbocycles. The van der Waals surface area contributed by atoms with Gasteiger partial charge in [-0.05, 0) is 30.9 Å². The van der Waals surface area contributed by atoms with Crippen LogP contribution in [0.4, 0.5) is 17.6 Å². The summed E-state index contributed by atoms with van der Waals surface area (Å²) in [6.45, 7) is 1.13. The summed E-state index contributed by atoms with van der Waals surface area (Å²) in [6.07, 6.45) is 0.382. The predicted molar refractivity (Wildman–Crippen MR) is 76.2 cm³/mol. The number of hydrogen-bond acceptors (Lipinski definition) is 1. The standard InChI is InChI=1S/C16H18F4N2/c1-15(17,18)14-21-12-4-2-3-5-13(12)22(14)10-11-6-8-16(19,20)9-7-11/h2-5,11H,6-10H2,1H3. The normalized spacial score (nSPS) is 19.7. The molecule has 3 rings (SSSR count). The monoisotopic (exact) mass is 314 g/mol. The molecule has 1 aromatic carbocycles. The van der Waals surface area contributed by atoms with Gasteiger partial charge in [-0.3, -0.25) is 0 Å². The van der Waals surface area contributed by atoms with E-state index in [1.165, 1.54) is 4.57 Å². The molecule has 1 heterocycles. The summed E-state index contributed by atoms with van der Waals surface area (Å²) in [5.74, 6) is -5.97. The zero-order chi connectivity index (χ0) is 16.0. The Kier molecular flexibility index (Phi) is 3.65. The lowest BCUT2D eigenvalue weighted by Crippen LogP contribution is -2.28. The van der Waals surface area contributed by atoms with Crippen molar-refractivity contribution in [3.05, 3.63) is 30.1 Å². The smallest absolute Gasteiger partial charge is 0.302 e. The molecule has 0 amide bonds. The summed E-state index contributed by atoms with van der Waals surface area (Å²) < 4.78 is 55.6. The molecule has 0 bridgehead atoms. The van der Waals surface area contributed by atoms with Crippen molar-refractivity contribution in [3.8, 4) is 0 Å². The molecule has 0 atom stereocenters. The van der Waals surface area contributed by atoms with Crippen molar-refractivity contribution >= 4 is 11.0 Å². The van der Waals surface area contributed by atoms with Crippen LogP contribution in [0.15, 0.2) is 24.3 Å². The van der Waals surface area contributed by atoms with Gasteiger partial charge < -0.3 is 4.57 Å². The molecule has 2 nitrogen and oxygen atoms in total. The lowest BCUT2D eigenvalue weighted by Gasteiger charge is -2.29. The van der Waals surface area contributed by atoms with Crippen molar-refractivity contribution in [1.82, 2.24) is 9.55 Å². The Morgan fingerprint density at radius 2 is 1.86 bits per heavy atom. The van der Waals surface area contributed by atoms with Crippen molar-refractivity contribution in [2.24, 2.45) is 5.92 Å². The largest absolute Gasteiger partial charge is 0.323 e. The molecule has 1 aliphatic rings. The van der Waals surface area contributed by atoms with Crippen LogP contribution >= 0.6 is 0 Å². The van der Waals surface area contributed by atoms with Crippen molar-refractivity contribution in [1.29, 1.82) is 0 Å². The van der Waals surface area contributed by atoms with Crippen molar-refractivity contribution in [3.63, 3.8) is 0 Å². The quantitative estimate of drug-likeness (QED) is 0.731. The van der Waals surface area contributed by atoms with Gasteiger partial charge in [0.25, 0.3) is 0 Å². The Bertz CT molecular complexity index is 662. The van der Waals surface area contributed by atoms with Gasteiger partial charge in [0.15, 0.2) is 5.82 Å². The Morgan fingerprint density at radius 3 is 2.50 bits per heavy atom. The molecule has 0 unspecified atom stereocenters. The predicted octanol–water partition coefficient (Wildman–Crippen LogP) is 4.97. The summed E-state index contributed by atoms with van der Waals surface area (Å²) in [4.78, 5) is 4.04. The maximum atomic E-state index is 13.8. The molecule has 22 heavy (non-hydrogen) atoms. The van der Waals surface area contributed by atoms with Crippen LogP contribution in [0, 0.1) is 5.92 Å². The summed E-state index contributed by atoms with van der Waals surface area (Å²) >= 11 is 0. The average molecular weight is 314 g/mol. The van der Waals surface area contributed by atoms with E-state index in [2.05, 4.69) is 4.98 Å². The van der Waals surface area contributed by atoms with Crippen LogP contribution in [0.1, 0.15) is 38.4 Å². The molecule has 6 heteroatoms. The highest BCUT2D eigenvalue weighted by Crippen LogP contribution is 2.38. The summed E-state index contributed by atoms with van der Waals surface area (Å²) in [5, 5.41) is 0. The SMILES string of the molecule is CC(F)(F)c1nc2ccccc2n1CC1CCC(F)(F)CC1. The number of imidazole rings is 1. The zero-order valence-corrected chi connectivity index (χ0v) is 12.3. The van der Waals surface area contributed by atoms with Gasteiger partial charge in [0, 0.05) is 26.3 Å². The van der Waals surface area contributed by atoms with E-state index in [0.29, 0.717) is 30.4 Å². The molecule has 120 valence electrons. The van der Waals surface area contributed by atoms with Gasteiger partial charge in [0.2, 0.25) is 5.92 Å². The van der Waals surface area contributed by atoms with Crippen LogP contribution in [0.3, 0.4) is 0 Å². The third-order valence-electron chi connectivity index (χ3n) is 4.32. The lowest BCUT2D eigenvalue weighted by atomic mass is 9.86. The highest BCUT2D eigenvalue weighted by atomic mass is 19.3. The van der Waals surface area contributed by atoms with Gasteiger partial charge in [-0.1, -0.05) is 12.1 Å². The second-order valence-electron chi connectivity index (χ2n) is 6.22. The Morgan fingerprint density at radius 1 is 1.23 bits per heavy atom. The number of fused-ring (bicyclic) bond motifs is 1. The third-order valence-corrected chi connectivity index (χ3v) is 4.32. The fourth-order valence-corrected chi connectivity index (χ4v) is 3.14. The zero-order valence-electron chi connectivity index (χ0n) is 12.3. The minimum Gasteiger partial charge on any atom is -0.323 e. The molecule has 0 N–H and O–H groups in total. The minimum atomic E-state index is -3.06. The van der Waals surface area contributed by atoms with Crippen LogP contribution in [0.5, 0.6) is 0 Å². The Balaban J connectivity index is 1.92. The first kappa shape index (κ1) is 15.3. The average Bonchev–Trinajstić information content (AvgIpc) is 2.80. The van der Waals surface area contributed by atoms with E-state index in [-0.39, 0.29) is 24.6 Å². The van der Waals surface area contributed by atoms with Crippen LogP contribution < -0.4 is 0 Å². The fourth-order valence-electron chi connectivity index (χ4n) is 3.14. The van der Waals surface area contributed by atoms with Crippen LogP contribution in [0.2, 0.25) is 0 Å². The van der Waals surface area contributed by atoms with Gasteiger partial charge in [0.1, 0.15) is 0 Å². The number of benzene rings is 1. The Labute approximate surface area is 126 Å². The topological polar surface area (TPSA) is 17.8 Å². The maximum absolute atomic E-state index is 13.8. The van der Waals surface area contributed by atoms with Gasteiger partial charge in [-0.25, -0.2) is 13.8 Å². The Hall–Kier alpha value is -1.59. The first-order valence-corrected chi connectivity index (χ1v) is 7.48. The molecule has 2 aromatic rings. The van der Waals surface area contributed by atoms with E-state index in [0.717, 1.165) is 6.92 Å². The molecule has 0 aliphatic heterocycles. The second kappa shape index (κ2) is 5.25. The fraction of sp³-hybridized carbons (Fsp3) is 0.562. The molecule has 0 saturated heterocycles. The first-order chi connectivity index (χ1) is 10.3. The third kappa shape index (κ3) is 2.96. The van der Waals surface area contributed by atoms with E-state index < -0.39 is 11.8 Å². The van der Waals surface area contributed by atoms with Crippen molar-refractivity contribution in [2.75, 3.05) is 0 Å². The number of halogens is 4. The summed E-state index contributed by atoms with van der Waals surface area (Å²) in [7, 11) is 0. The molecule has 0 radical (unpaired) electrons. The van der Waals surface area contributed by atoms with E-state index >= 15 is 0 Å². The summed E-state index contributed by atoms with van der Waals surface area (Å²) in [6, 6.07) is 6.95. The van der Waals surface area contributed by atoms with Crippen LogP contribution in [0.25, 0.3) is 11.0 Å². The van der Waals surface area contributed by atoms with Crippen LogP contribution in [-0.4, -0.2) is 15.5 Å². The molecule has 0 spiro atoms. The van der Waals surface area contributed by atoms with E-state index in [4.69, 9.17) is 0 Å². The van der Waals surface area contributed by atoms with Gasteiger partial charge in [-0.15, -0.1) is 0 Å². The summed E-state index contributed by atoms with van der Waals surface area (Å²) in [5.41, 5.74) is 1.15. The van der Waals surface area contributed by atoms with Gasteiger partial charge >= 0.3 is 5.92 Å². The number of aromatic nitrogens is 2. The van der Waals surface area contributed by atoms with E-state index in [1.807, 2.05) is 0 Å². The molecular formula is C16H18F4N2. The van der Waals surface area contributed by atoms with Crippen LogP contribution in [-0.2, 0) is 12.5 Å². The maximum Gasteiger partial charge on any atom is 0.302 e.